The fraction of sp³-hybridized carbons (Fsp3) is 0.429. The predicted molar refractivity (Wildman–Crippen MR) is 82.6 cm³/mol. The van der Waals surface area contributed by atoms with Gasteiger partial charge in [0, 0.05) is 17.5 Å². The van der Waals surface area contributed by atoms with Crippen molar-refractivity contribution in [1.29, 1.82) is 0 Å². The number of aromatic nitrogens is 3. The average molecular weight is 295 g/mol. The fourth-order valence-corrected chi connectivity index (χ4v) is 2.73. The molecule has 108 valence electrons. The summed E-state index contributed by atoms with van der Waals surface area (Å²) in [5.41, 5.74) is 3.52. The van der Waals surface area contributed by atoms with Gasteiger partial charge in [0.1, 0.15) is 5.65 Å². The molecule has 3 heterocycles. The summed E-state index contributed by atoms with van der Waals surface area (Å²) in [4.78, 5) is 14.7. The highest BCUT2D eigenvalue weighted by Crippen LogP contribution is 2.26. The minimum Gasteiger partial charge on any atom is -0.317 e. The van der Waals surface area contributed by atoms with Crippen LogP contribution in [0.25, 0.3) is 11.2 Å². The minimum atomic E-state index is -0.0657. The summed E-state index contributed by atoms with van der Waals surface area (Å²) in [6, 6.07) is 1.68. The Balaban J connectivity index is 0.00000147. The van der Waals surface area contributed by atoms with E-state index < -0.39 is 0 Å². The van der Waals surface area contributed by atoms with Gasteiger partial charge >= 0.3 is 0 Å². The summed E-state index contributed by atoms with van der Waals surface area (Å²) >= 11 is 0. The van der Waals surface area contributed by atoms with Gasteiger partial charge in [-0.3, -0.25) is 4.79 Å². The van der Waals surface area contributed by atoms with Crippen molar-refractivity contribution in [3.8, 4) is 0 Å². The number of nitrogens with zero attached hydrogens (tertiary/aromatic N) is 2. The van der Waals surface area contributed by atoms with Crippen LogP contribution in [-0.4, -0.2) is 27.7 Å². The van der Waals surface area contributed by atoms with Crippen LogP contribution in [0.2, 0.25) is 0 Å². The molecular weight excluding hydrogens is 276 g/mol. The standard InChI is InChI=1S/C14H18N4O.ClH/c1-9(2)11-8-16-18-12(7-13(19)17-14(11)18)10-3-5-15-6-4-10;/h7-8,10,15H,1,3-6H2,2H3,(H,17,19);1H. The molecule has 2 aromatic heterocycles. The molecule has 0 spiro atoms. The van der Waals surface area contributed by atoms with Crippen LogP contribution in [0, 0.1) is 0 Å². The van der Waals surface area contributed by atoms with Crippen LogP contribution in [0.1, 0.15) is 36.9 Å². The molecule has 2 N–H and O–H groups in total. The van der Waals surface area contributed by atoms with Crippen molar-refractivity contribution >= 4 is 23.6 Å². The molecule has 0 atom stereocenters. The van der Waals surface area contributed by atoms with Crippen molar-refractivity contribution in [2.75, 3.05) is 13.1 Å². The topological polar surface area (TPSA) is 62.2 Å². The molecule has 0 aromatic carbocycles. The third-order valence-corrected chi connectivity index (χ3v) is 3.75. The van der Waals surface area contributed by atoms with Gasteiger partial charge in [0.25, 0.3) is 5.56 Å². The smallest absolute Gasteiger partial charge is 0.251 e. The monoisotopic (exact) mass is 294 g/mol. The second-order valence-electron chi connectivity index (χ2n) is 5.18. The van der Waals surface area contributed by atoms with E-state index in [9.17, 15) is 4.79 Å². The highest BCUT2D eigenvalue weighted by molar-refractivity contribution is 5.85. The highest BCUT2D eigenvalue weighted by Gasteiger charge is 2.20. The number of H-pyrrole nitrogens is 1. The molecule has 1 fully saturated rings. The lowest BCUT2D eigenvalue weighted by molar-refractivity contribution is 0.446. The van der Waals surface area contributed by atoms with E-state index in [2.05, 4.69) is 22.0 Å². The Hall–Kier alpha value is -1.59. The summed E-state index contributed by atoms with van der Waals surface area (Å²) in [6.45, 7) is 7.84. The number of fused-ring (bicyclic) bond motifs is 1. The van der Waals surface area contributed by atoms with Gasteiger partial charge in [0.15, 0.2) is 0 Å². The van der Waals surface area contributed by atoms with E-state index in [-0.39, 0.29) is 18.0 Å². The van der Waals surface area contributed by atoms with E-state index >= 15 is 0 Å². The maximum Gasteiger partial charge on any atom is 0.251 e. The van der Waals surface area contributed by atoms with Gasteiger partial charge in [-0.2, -0.15) is 5.10 Å². The first-order valence-corrected chi connectivity index (χ1v) is 6.64. The molecule has 0 bridgehead atoms. The van der Waals surface area contributed by atoms with Crippen LogP contribution in [0.3, 0.4) is 0 Å². The summed E-state index contributed by atoms with van der Waals surface area (Å²) < 4.78 is 1.86. The van der Waals surface area contributed by atoms with Gasteiger partial charge < -0.3 is 10.3 Å². The van der Waals surface area contributed by atoms with Crippen molar-refractivity contribution in [2.24, 2.45) is 0 Å². The molecule has 5 nitrogen and oxygen atoms in total. The van der Waals surface area contributed by atoms with Crippen LogP contribution >= 0.6 is 12.4 Å². The third-order valence-electron chi connectivity index (χ3n) is 3.75. The van der Waals surface area contributed by atoms with E-state index in [1.807, 2.05) is 11.4 Å². The zero-order chi connectivity index (χ0) is 13.4. The number of nitrogens with one attached hydrogen (secondary N) is 2. The first kappa shape index (κ1) is 14.8. The lowest BCUT2D eigenvalue weighted by Crippen LogP contribution is -2.28. The summed E-state index contributed by atoms with van der Waals surface area (Å²) in [5, 5.41) is 7.76. The predicted octanol–water partition coefficient (Wildman–Crippen LogP) is 1.94. The van der Waals surface area contributed by atoms with Gasteiger partial charge in [0.2, 0.25) is 0 Å². The van der Waals surface area contributed by atoms with Gasteiger partial charge in [-0.25, -0.2) is 4.52 Å². The normalized spacial score (nSPS) is 16.1. The highest BCUT2D eigenvalue weighted by atomic mass is 35.5. The number of hydrogen-bond acceptors (Lipinski definition) is 3. The number of piperidine rings is 1. The van der Waals surface area contributed by atoms with Crippen molar-refractivity contribution in [3.63, 3.8) is 0 Å². The minimum absolute atomic E-state index is 0. The van der Waals surface area contributed by atoms with Crippen LogP contribution in [0.15, 0.2) is 23.6 Å². The Kier molecular flexibility index (Phi) is 4.30. The molecule has 0 saturated carbocycles. The zero-order valence-electron chi connectivity index (χ0n) is 11.5. The number of rotatable bonds is 2. The van der Waals surface area contributed by atoms with Crippen LogP contribution in [-0.2, 0) is 0 Å². The Morgan fingerprint density at radius 1 is 1.45 bits per heavy atom. The molecule has 6 heteroatoms. The molecule has 0 radical (unpaired) electrons. The molecule has 3 rings (SSSR count). The van der Waals surface area contributed by atoms with Gasteiger partial charge in [-0.05, 0) is 38.4 Å². The summed E-state index contributed by atoms with van der Waals surface area (Å²) in [7, 11) is 0. The Labute approximate surface area is 123 Å². The lowest BCUT2D eigenvalue weighted by Gasteiger charge is -2.23. The summed E-state index contributed by atoms with van der Waals surface area (Å²) in [5.74, 6) is 0.393. The van der Waals surface area contributed by atoms with E-state index in [4.69, 9.17) is 0 Å². The molecule has 0 unspecified atom stereocenters. The van der Waals surface area contributed by atoms with Gasteiger partial charge in [-0.15, -0.1) is 12.4 Å². The first-order chi connectivity index (χ1) is 9.16. The Morgan fingerprint density at radius 3 is 2.80 bits per heavy atom. The third kappa shape index (κ3) is 2.51. The molecular formula is C14H19ClN4O. The van der Waals surface area contributed by atoms with Gasteiger partial charge in [0.05, 0.1) is 11.9 Å². The second-order valence-corrected chi connectivity index (χ2v) is 5.18. The van der Waals surface area contributed by atoms with Crippen LogP contribution < -0.4 is 10.9 Å². The molecule has 1 aliphatic rings. The van der Waals surface area contributed by atoms with E-state index in [1.54, 1.807) is 12.3 Å². The molecule has 0 aliphatic carbocycles. The quantitative estimate of drug-likeness (QED) is 0.890. The number of halogens is 1. The second kappa shape index (κ2) is 5.81. The largest absolute Gasteiger partial charge is 0.317 e. The molecule has 2 aromatic rings. The Morgan fingerprint density at radius 2 is 2.15 bits per heavy atom. The maximum absolute atomic E-state index is 11.9. The van der Waals surface area contributed by atoms with Crippen molar-refractivity contribution < 1.29 is 0 Å². The zero-order valence-corrected chi connectivity index (χ0v) is 12.3. The number of hydrogen-bond donors (Lipinski definition) is 2. The summed E-state index contributed by atoms with van der Waals surface area (Å²) in [6.07, 6.45) is 3.86. The van der Waals surface area contributed by atoms with Crippen LogP contribution in [0.5, 0.6) is 0 Å². The van der Waals surface area contributed by atoms with E-state index in [1.165, 1.54) is 0 Å². The SMILES string of the molecule is C=C(C)c1cnn2c(C3CCNCC3)cc(=O)[nH]c12.Cl. The van der Waals surface area contributed by atoms with Crippen LogP contribution in [0.4, 0.5) is 0 Å². The van der Waals surface area contributed by atoms with Crippen molar-refractivity contribution in [1.82, 2.24) is 19.9 Å². The molecule has 0 amide bonds. The fourth-order valence-electron chi connectivity index (χ4n) is 2.73. The molecule has 1 saturated heterocycles. The first-order valence-electron chi connectivity index (χ1n) is 6.64. The van der Waals surface area contributed by atoms with Gasteiger partial charge in [-0.1, -0.05) is 6.58 Å². The molecule has 20 heavy (non-hydrogen) atoms. The van der Waals surface area contributed by atoms with E-state index in [0.717, 1.165) is 48.4 Å². The maximum atomic E-state index is 11.9. The Bertz CT molecular complexity index is 682. The van der Waals surface area contributed by atoms with E-state index in [0.29, 0.717) is 5.92 Å². The number of allylic oxidation sites excluding steroid dienone is 1. The lowest BCUT2D eigenvalue weighted by atomic mass is 9.94. The number of aromatic amines is 1. The van der Waals surface area contributed by atoms with Crippen molar-refractivity contribution in [2.45, 2.75) is 25.7 Å². The van der Waals surface area contributed by atoms with Crippen molar-refractivity contribution in [3.05, 3.63) is 40.5 Å². The molecule has 1 aliphatic heterocycles. The average Bonchev–Trinajstić information content (AvgIpc) is 2.82.